The van der Waals surface area contributed by atoms with Crippen molar-refractivity contribution < 1.29 is 9.59 Å². The topological polar surface area (TPSA) is 85.8 Å². The van der Waals surface area contributed by atoms with Gasteiger partial charge in [0.15, 0.2) is 5.17 Å². The van der Waals surface area contributed by atoms with Crippen LogP contribution in [0.3, 0.4) is 0 Å². The van der Waals surface area contributed by atoms with Gasteiger partial charge >= 0.3 is 0 Å². The largest absolute Gasteiger partial charge is 0.304 e. The Bertz CT molecular complexity index is 1010. The monoisotopic (exact) mass is 463 g/mol. The van der Waals surface area contributed by atoms with E-state index < -0.39 is 4.87 Å². The number of hydrogen-bond donors (Lipinski definition) is 3. The van der Waals surface area contributed by atoms with Crippen molar-refractivity contribution in [3.05, 3.63) is 71.8 Å². The number of amides is 2. The van der Waals surface area contributed by atoms with Crippen LogP contribution in [-0.2, 0) is 9.59 Å². The minimum Gasteiger partial charge on any atom is -0.304 e. The third-order valence-electron chi connectivity index (χ3n) is 6.90. The number of amidine groups is 1. The molecule has 2 bridgehead atoms. The molecule has 2 aromatic rings. The molecule has 1 saturated carbocycles. The molecule has 1 aliphatic carbocycles. The fourth-order valence-electron chi connectivity index (χ4n) is 5.78. The normalized spacial score (nSPS) is 30.6. The smallest absolute Gasteiger partial charge is 0.236 e. The second-order valence-corrected chi connectivity index (χ2v) is 10.3. The summed E-state index contributed by atoms with van der Waals surface area (Å²) in [6.07, 6.45) is 3.10. The fourth-order valence-corrected chi connectivity index (χ4v) is 7.39. The molecule has 7 nitrogen and oxygen atoms in total. The van der Waals surface area contributed by atoms with Crippen molar-refractivity contribution >= 4 is 28.7 Å². The van der Waals surface area contributed by atoms with Crippen LogP contribution in [0, 0.1) is 11.8 Å². The number of hydrogen-bond acceptors (Lipinski definition) is 6. The first kappa shape index (κ1) is 22.0. The summed E-state index contributed by atoms with van der Waals surface area (Å²) >= 11 is 1.59. The van der Waals surface area contributed by atoms with E-state index in [0.717, 1.165) is 19.3 Å². The number of hydrazine groups is 1. The third-order valence-corrected chi connectivity index (χ3v) is 8.38. The summed E-state index contributed by atoms with van der Waals surface area (Å²) in [6.45, 7) is 2.99. The standard InChI is InChI=1S/C25H29N5O2S/c1-16(31)26-24-29-30(28-17(2)32)25(33-24)20-14-9-15-21(25)23(19-12-7-4-8-13-19)27-22(20)18-10-5-3-6-11-18/h3-8,10-13,20-23,27H,9,14-15H2,1-2H3,(H,28,32)(H,26,29,31). The van der Waals surface area contributed by atoms with Crippen LogP contribution in [0.15, 0.2) is 65.8 Å². The molecule has 1 saturated heterocycles. The molecule has 2 aliphatic heterocycles. The molecule has 4 unspecified atom stereocenters. The predicted octanol–water partition coefficient (Wildman–Crippen LogP) is 3.69. The lowest BCUT2D eigenvalue weighted by atomic mass is 9.64. The zero-order valence-corrected chi connectivity index (χ0v) is 19.6. The number of hydrazone groups is 1. The maximum absolute atomic E-state index is 12.2. The summed E-state index contributed by atoms with van der Waals surface area (Å²) in [6, 6.07) is 21.2. The van der Waals surface area contributed by atoms with Crippen LogP contribution in [0.5, 0.6) is 0 Å². The van der Waals surface area contributed by atoms with Gasteiger partial charge in [-0.15, -0.1) is 5.10 Å². The Kier molecular flexibility index (Phi) is 5.88. The molecule has 4 atom stereocenters. The van der Waals surface area contributed by atoms with E-state index in [1.165, 1.54) is 25.0 Å². The first-order valence-corrected chi connectivity index (χ1v) is 12.3. The van der Waals surface area contributed by atoms with E-state index in [4.69, 9.17) is 5.10 Å². The summed E-state index contributed by atoms with van der Waals surface area (Å²) in [5.74, 6) is 0.00209. The highest BCUT2D eigenvalue weighted by atomic mass is 32.2. The highest BCUT2D eigenvalue weighted by molar-refractivity contribution is 8.15. The molecule has 3 aliphatic rings. The zero-order valence-electron chi connectivity index (χ0n) is 18.8. The number of nitrogens with zero attached hydrogens (tertiary/aromatic N) is 2. The Morgan fingerprint density at radius 3 is 1.97 bits per heavy atom. The van der Waals surface area contributed by atoms with Crippen LogP contribution in [-0.4, -0.2) is 27.0 Å². The van der Waals surface area contributed by atoms with Crippen molar-refractivity contribution in [1.29, 1.82) is 0 Å². The number of nitrogens with one attached hydrogen (secondary N) is 3. The van der Waals surface area contributed by atoms with Gasteiger partial charge in [-0.25, -0.2) is 0 Å². The van der Waals surface area contributed by atoms with Crippen molar-refractivity contribution in [2.75, 3.05) is 0 Å². The maximum atomic E-state index is 12.2. The van der Waals surface area contributed by atoms with Gasteiger partial charge in [-0.05, 0) is 24.0 Å². The van der Waals surface area contributed by atoms with Gasteiger partial charge in [0.1, 0.15) is 4.87 Å². The first-order chi connectivity index (χ1) is 16.0. The fraction of sp³-hybridized carbons (Fsp3) is 0.400. The molecule has 172 valence electrons. The van der Waals surface area contributed by atoms with Gasteiger partial charge in [0.05, 0.1) is 0 Å². The molecule has 0 aromatic heterocycles. The van der Waals surface area contributed by atoms with E-state index in [-0.39, 0.29) is 35.7 Å². The molecule has 0 radical (unpaired) electrons. The highest BCUT2D eigenvalue weighted by Crippen LogP contribution is 2.62. The van der Waals surface area contributed by atoms with Crippen molar-refractivity contribution in [3.63, 3.8) is 0 Å². The van der Waals surface area contributed by atoms with Crippen LogP contribution < -0.4 is 16.1 Å². The molecule has 2 aromatic carbocycles. The van der Waals surface area contributed by atoms with Crippen LogP contribution in [0.25, 0.3) is 0 Å². The molecule has 2 amide bonds. The Morgan fingerprint density at radius 2 is 1.48 bits per heavy atom. The van der Waals surface area contributed by atoms with Gasteiger partial charge in [-0.3, -0.25) is 15.0 Å². The predicted molar refractivity (Wildman–Crippen MR) is 130 cm³/mol. The molecule has 1 spiro atoms. The highest BCUT2D eigenvalue weighted by Gasteiger charge is 2.64. The van der Waals surface area contributed by atoms with Gasteiger partial charge in [0.25, 0.3) is 0 Å². The first-order valence-electron chi connectivity index (χ1n) is 11.5. The summed E-state index contributed by atoms with van der Waals surface area (Å²) in [5.41, 5.74) is 5.43. The van der Waals surface area contributed by atoms with E-state index in [2.05, 4.69) is 64.6 Å². The van der Waals surface area contributed by atoms with Crippen molar-refractivity contribution in [3.8, 4) is 0 Å². The number of thioether (sulfide) groups is 1. The molecule has 33 heavy (non-hydrogen) atoms. The Hall–Kier alpha value is -2.84. The summed E-state index contributed by atoms with van der Waals surface area (Å²) in [5, 5.41) is 13.9. The lowest BCUT2D eigenvalue weighted by Crippen LogP contribution is -2.67. The quantitative estimate of drug-likeness (QED) is 0.646. The molecular weight excluding hydrogens is 434 g/mol. The number of piperidine rings is 1. The Labute approximate surface area is 198 Å². The van der Waals surface area contributed by atoms with Crippen LogP contribution in [0.1, 0.15) is 56.3 Å². The van der Waals surface area contributed by atoms with Crippen LogP contribution in [0.2, 0.25) is 0 Å². The lowest BCUT2D eigenvalue weighted by molar-refractivity contribution is -0.131. The third kappa shape index (κ3) is 3.91. The Morgan fingerprint density at radius 1 is 0.939 bits per heavy atom. The average Bonchev–Trinajstić information content (AvgIpc) is 3.10. The molecule has 3 N–H and O–H groups in total. The minimum atomic E-state index is -0.520. The maximum Gasteiger partial charge on any atom is 0.236 e. The van der Waals surface area contributed by atoms with E-state index >= 15 is 0 Å². The van der Waals surface area contributed by atoms with Crippen molar-refractivity contribution in [1.82, 2.24) is 21.2 Å². The van der Waals surface area contributed by atoms with E-state index in [0.29, 0.717) is 5.17 Å². The van der Waals surface area contributed by atoms with Gasteiger partial charge in [0, 0.05) is 37.8 Å². The molecule has 5 rings (SSSR count). The second kappa shape index (κ2) is 8.83. The zero-order chi connectivity index (χ0) is 23.0. The number of carbonyl (C=O) groups excluding carboxylic acids is 2. The van der Waals surface area contributed by atoms with Gasteiger partial charge < -0.3 is 10.6 Å². The number of benzene rings is 2. The molecular formula is C25H29N5O2S. The van der Waals surface area contributed by atoms with E-state index in [9.17, 15) is 9.59 Å². The summed E-state index contributed by atoms with van der Waals surface area (Å²) in [7, 11) is 0. The molecule has 2 fully saturated rings. The molecule has 2 heterocycles. The minimum absolute atomic E-state index is 0.0728. The van der Waals surface area contributed by atoms with Crippen LogP contribution >= 0.6 is 11.8 Å². The SMILES string of the molecule is CC(=O)NC1=NN(NC(C)=O)C2(S1)C1CCCC2C(c2ccccc2)NC1c1ccccc1. The summed E-state index contributed by atoms with van der Waals surface area (Å²) in [4.78, 5) is 23.6. The van der Waals surface area contributed by atoms with E-state index in [1.807, 2.05) is 12.1 Å². The van der Waals surface area contributed by atoms with Gasteiger partial charge in [-0.1, -0.05) is 78.8 Å². The van der Waals surface area contributed by atoms with Crippen LogP contribution in [0.4, 0.5) is 0 Å². The summed E-state index contributed by atoms with van der Waals surface area (Å²) < 4.78 is 0. The van der Waals surface area contributed by atoms with Crippen molar-refractivity contribution in [2.45, 2.75) is 50.1 Å². The lowest BCUT2D eigenvalue weighted by Gasteiger charge is -2.59. The average molecular weight is 464 g/mol. The van der Waals surface area contributed by atoms with Crippen molar-refractivity contribution in [2.24, 2.45) is 16.9 Å². The number of rotatable bonds is 3. The second-order valence-electron chi connectivity index (χ2n) is 9.01. The van der Waals surface area contributed by atoms with Gasteiger partial charge in [0.2, 0.25) is 11.8 Å². The number of carbonyl (C=O) groups is 2. The molecule has 8 heteroatoms. The van der Waals surface area contributed by atoms with E-state index in [1.54, 1.807) is 16.9 Å². The van der Waals surface area contributed by atoms with Gasteiger partial charge in [-0.2, -0.15) is 5.12 Å². The Balaban J connectivity index is 1.65.